The molecule has 3 aromatic rings. The molecule has 2 aromatic heterocycles. The second-order valence-electron chi connectivity index (χ2n) is 6.75. The molecule has 146 valence electrons. The topological polar surface area (TPSA) is 80.5 Å². The van der Waals surface area contributed by atoms with E-state index in [-0.39, 0.29) is 17.2 Å². The first-order valence-electron chi connectivity index (χ1n) is 9.24. The number of furan rings is 1. The Balaban J connectivity index is 1.56. The highest BCUT2D eigenvalue weighted by Gasteiger charge is 2.27. The smallest absolute Gasteiger partial charge is 0.225 e. The number of ether oxygens (including phenoxy) is 1. The van der Waals surface area contributed by atoms with Crippen molar-refractivity contribution in [1.29, 1.82) is 0 Å². The Bertz CT molecular complexity index is 977. The third-order valence-electron chi connectivity index (χ3n) is 4.89. The quantitative estimate of drug-likeness (QED) is 0.632. The van der Waals surface area contributed by atoms with Gasteiger partial charge in [0.15, 0.2) is 0 Å². The molecule has 0 aliphatic carbocycles. The Hall–Kier alpha value is -2.80. The number of benzene rings is 1. The third-order valence-corrected chi connectivity index (χ3v) is 5.05. The van der Waals surface area contributed by atoms with Crippen molar-refractivity contribution in [1.82, 2.24) is 14.9 Å². The van der Waals surface area contributed by atoms with Crippen molar-refractivity contribution in [3.05, 3.63) is 47.6 Å². The van der Waals surface area contributed by atoms with E-state index >= 15 is 0 Å². The monoisotopic (exact) mass is 400 g/mol. The van der Waals surface area contributed by atoms with Gasteiger partial charge >= 0.3 is 0 Å². The maximum Gasteiger partial charge on any atom is 0.225 e. The van der Waals surface area contributed by atoms with Gasteiger partial charge in [0.2, 0.25) is 11.2 Å². The number of carbonyl (C=O) groups excluding carboxylic acids is 1. The van der Waals surface area contributed by atoms with Gasteiger partial charge in [-0.05, 0) is 48.7 Å². The molecule has 1 fully saturated rings. The van der Waals surface area contributed by atoms with Crippen molar-refractivity contribution in [3.8, 4) is 5.75 Å². The fourth-order valence-electron chi connectivity index (χ4n) is 3.54. The summed E-state index contributed by atoms with van der Waals surface area (Å²) in [4.78, 5) is 22.3. The van der Waals surface area contributed by atoms with E-state index < -0.39 is 0 Å². The van der Waals surface area contributed by atoms with Gasteiger partial charge in [0.1, 0.15) is 29.5 Å². The van der Waals surface area contributed by atoms with Crippen LogP contribution in [0, 0.1) is 0 Å². The van der Waals surface area contributed by atoms with E-state index in [9.17, 15) is 4.79 Å². The molecular weight excluding hydrogens is 380 g/mol. The summed E-state index contributed by atoms with van der Waals surface area (Å²) < 4.78 is 11.4. The van der Waals surface area contributed by atoms with Gasteiger partial charge in [-0.1, -0.05) is 6.07 Å². The number of nitrogens with zero attached hydrogens (tertiary/aromatic N) is 3. The highest BCUT2D eigenvalue weighted by Crippen LogP contribution is 2.30. The van der Waals surface area contributed by atoms with Crippen molar-refractivity contribution < 1.29 is 13.9 Å². The zero-order valence-electron chi connectivity index (χ0n) is 15.5. The predicted octanol–water partition coefficient (Wildman–Crippen LogP) is 3.88. The summed E-state index contributed by atoms with van der Waals surface area (Å²) in [6, 6.07) is 9.47. The molecule has 28 heavy (non-hydrogen) atoms. The first kappa shape index (κ1) is 18.6. The SMILES string of the molecule is CC(=O)N1CCCC1COc1cccc2c(NCc3ccco3)nc(Cl)nc12. The zero-order chi connectivity index (χ0) is 19.5. The van der Waals surface area contributed by atoms with Crippen molar-refractivity contribution in [3.63, 3.8) is 0 Å². The molecular formula is C20H21ClN4O3. The van der Waals surface area contributed by atoms with Gasteiger partial charge < -0.3 is 19.4 Å². The molecule has 1 aliphatic heterocycles. The van der Waals surface area contributed by atoms with E-state index in [2.05, 4.69) is 15.3 Å². The van der Waals surface area contributed by atoms with Gasteiger partial charge in [0, 0.05) is 18.9 Å². The minimum absolute atomic E-state index is 0.0822. The highest BCUT2D eigenvalue weighted by atomic mass is 35.5. The lowest BCUT2D eigenvalue weighted by atomic mass is 10.2. The molecule has 1 N–H and O–H groups in total. The number of aromatic nitrogens is 2. The fourth-order valence-corrected chi connectivity index (χ4v) is 3.71. The van der Waals surface area contributed by atoms with E-state index in [4.69, 9.17) is 20.8 Å². The summed E-state index contributed by atoms with van der Waals surface area (Å²) in [5, 5.41) is 4.18. The summed E-state index contributed by atoms with van der Waals surface area (Å²) in [5.41, 5.74) is 0.636. The lowest BCUT2D eigenvalue weighted by molar-refractivity contribution is -0.130. The first-order valence-corrected chi connectivity index (χ1v) is 9.62. The van der Waals surface area contributed by atoms with Crippen molar-refractivity contribution in [2.45, 2.75) is 32.4 Å². The molecule has 3 heterocycles. The maximum atomic E-state index is 11.8. The number of rotatable bonds is 6. The maximum absolute atomic E-state index is 11.8. The Labute approximate surface area is 167 Å². The number of anilines is 1. The van der Waals surface area contributed by atoms with Crippen LogP contribution in [0.2, 0.25) is 5.28 Å². The molecule has 0 spiro atoms. The van der Waals surface area contributed by atoms with Gasteiger partial charge in [0.25, 0.3) is 0 Å². The minimum atomic E-state index is 0.0822. The summed E-state index contributed by atoms with van der Waals surface area (Å²) in [6.45, 7) is 3.29. The van der Waals surface area contributed by atoms with Gasteiger partial charge in [-0.3, -0.25) is 4.79 Å². The highest BCUT2D eigenvalue weighted by molar-refractivity contribution is 6.29. The van der Waals surface area contributed by atoms with Crippen LogP contribution in [-0.2, 0) is 11.3 Å². The van der Waals surface area contributed by atoms with E-state index in [0.717, 1.165) is 30.5 Å². The van der Waals surface area contributed by atoms with Crippen molar-refractivity contribution in [2.75, 3.05) is 18.5 Å². The zero-order valence-corrected chi connectivity index (χ0v) is 16.3. The van der Waals surface area contributed by atoms with Crippen molar-refractivity contribution >= 4 is 34.2 Å². The van der Waals surface area contributed by atoms with Crippen LogP contribution in [0.3, 0.4) is 0 Å². The molecule has 0 saturated carbocycles. The number of likely N-dealkylation sites (tertiary alicyclic amines) is 1. The molecule has 4 rings (SSSR count). The van der Waals surface area contributed by atoms with Crippen LogP contribution in [0.4, 0.5) is 5.82 Å². The van der Waals surface area contributed by atoms with Crippen molar-refractivity contribution in [2.24, 2.45) is 0 Å². The minimum Gasteiger partial charge on any atom is -0.489 e. The lowest BCUT2D eigenvalue weighted by Gasteiger charge is -2.23. The van der Waals surface area contributed by atoms with Crippen LogP contribution in [0.5, 0.6) is 5.75 Å². The Morgan fingerprint density at radius 2 is 2.25 bits per heavy atom. The Morgan fingerprint density at radius 3 is 3.04 bits per heavy atom. The average Bonchev–Trinajstić information content (AvgIpc) is 3.36. The number of para-hydroxylation sites is 1. The van der Waals surface area contributed by atoms with Crippen LogP contribution in [0.25, 0.3) is 10.9 Å². The number of carbonyl (C=O) groups is 1. The number of amides is 1. The summed E-state index contributed by atoms with van der Waals surface area (Å²) in [5.74, 6) is 2.11. The summed E-state index contributed by atoms with van der Waals surface area (Å²) in [6.07, 6.45) is 3.56. The Morgan fingerprint density at radius 1 is 1.36 bits per heavy atom. The fraction of sp³-hybridized carbons (Fsp3) is 0.350. The van der Waals surface area contributed by atoms with E-state index in [1.54, 1.807) is 13.2 Å². The molecule has 8 heteroatoms. The van der Waals surface area contributed by atoms with Gasteiger partial charge in [-0.25, -0.2) is 9.97 Å². The van der Waals surface area contributed by atoms with E-state index in [1.807, 2.05) is 35.2 Å². The van der Waals surface area contributed by atoms with E-state index in [0.29, 0.717) is 30.2 Å². The van der Waals surface area contributed by atoms with Crippen LogP contribution >= 0.6 is 11.6 Å². The standard InChI is InChI=1S/C20H21ClN4O3/c1-13(26)25-9-3-5-14(25)12-28-17-8-2-7-16-18(17)23-20(21)24-19(16)22-11-15-6-4-10-27-15/h2,4,6-8,10,14H,3,5,9,11-12H2,1H3,(H,22,23,24). The molecule has 7 nitrogen and oxygen atoms in total. The molecule has 0 bridgehead atoms. The van der Waals surface area contributed by atoms with Gasteiger partial charge in [-0.2, -0.15) is 0 Å². The summed E-state index contributed by atoms with van der Waals surface area (Å²) in [7, 11) is 0. The predicted molar refractivity (Wildman–Crippen MR) is 106 cm³/mol. The third kappa shape index (κ3) is 3.89. The molecule has 1 amide bonds. The lowest BCUT2D eigenvalue weighted by Crippen LogP contribution is -2.37. The molecule has 0 radical (unpaired) electrons. The summed E-state index contributed by atoms with van der Waals surface area (Å²) >= 11 is 6.15. The molecule has 1 aliphatic rings. The number of hydrogen-bond donors (Lipinski definition) is 1. The van der Waals surface area contributed by atoms with Crippen LogP contribution in [-0.4, -0.2) is 40.0 Å². The largest absolute Gasteiger partial charge is 0.489 e. The molecule has 1 aromatic carbocycles. The van der Waals surface area contributed by atoms with Crippen LogP contribution in [0.15, 0.2) is 41.0 Å². The van der Waals surface area contributed by atoms with Gasteiger partial charge in [-0.15, -0.1) is 0 Å². The number of halogens is 1. The number of hydrogen-bond acceptors (Lipinski definition) is 6. The second kappa shape index (κ2) is 8.06. The normalized spacial score (nSPS) is 16.5. The van der Waals surface area contributed by atoms with Crippen LogP contribution < -0.4 is 10.1 Å². The van der Waals surface area contributed by atoms with Gasteiger partial charge in [0.05, 0.1) is 18.8 Å². The number of fused-ring (bicyclic) bond motifs is 1. The molecule has 1 saturated heterocycles. The molecule has 1 unspecified atom stereocenters. The Kier molecular flexibility index (Phi) is 5.34. The average molecular weight is 401 g/mol. The second-order valence-corrected chi connectivity index (χ2v) is 7.08. The number of nitrogens with one attached hydrogen (secondary N) is 1. The molecule has 1 atom stereocenters. The van der Waals surface area contributed by atoms with E-state index in [1.165, 1.54) is 0 Å². The first-order chi connectivity index (χ1) is 13.6. The van der Waals surface area contributed by atoms with Crippen LogP contribution in [0.1, 0.15) is 25.5 Å².